The molecule has 0 amide bonds. The molecule has 5 nitrogen and oxygen atoms in total. The van der Waals surface area contributed by atoms with Gasteiger partial charge in [0.05, 0.1) is 28.9 Å². The maximum atomic E-state index is 12.5. The molecule has 0 spiro atoms. The molecular weight excluding hydrogens is 317 g/mol. The number of halogens is 3. The normalized spacial score (nSPS) is 16.6. The summed E-state index contributed by atoms with van der Waals surface area (Å²) in [5, 5.41) is 9.52. The predicted octanol–water partition coefficient (Wildman–Crippen LogP) is 2.50. The Kier molecular flexibility index (Phi) is 4.86. The third-order valence-electron chi connectivity index (χ3n) is 3.47. The van der Waals surface area contributed by atoms with Crippen molar-refractivity contribution in [3.63, 3.8) is 0 Å². The second kappa shape index (κ2) is 6.33. The van der Waals surface area contributed by atoms with Gasteiger partial charge in [0.2, 0.25) is 0 Å². The van der Waals surface area contributed by atoms with Gasteiger partial charge in [-0.15, -0.1) is 0 Å². The van der Waals surface area contributed by atoms with E-state index in [0.717, 1.165) is 10.4 Å². The van der Waals surface area contributed by atoms with Crippen LogP contribution in [0.3, 0.4) is 0 Å². The monoisotopic (exact) mass is 334 g/mol. The zero-order chi connectivity index (χ0) is 16.5. The largest absolute Gasteiger partial charge is 0.408 e. The summed E-state index contributed by atoms with van der Waals surface area (Å²) < 4.78 is 49.4. The van der Waals surface area contributed by atoms with Crippen LogP contribution >= 0.6 is 0 Å². The molecule has 0 fully saturated rings. The molecule has 122 valence electrons. The molecule has 9 heteroatoms. The highest BCUT2D eigenvalue weighted by molar-refractivity contribution is 7.83. The average Bonchev–Trinajstić information content (AvgIpc) is 2.79. The predicted molar refractivity (Wildman–Crippen MR) is 78.4 cm³/mol. The van der Waals surface area contributed by atoms with Crippen molar-refractivity contribution in [1.29, 1.82) is 0 Å². The van der Waals surface area contributed by atoms with E-state index in [4.69, 9.17) is 5.14 Å². The van der Waals surface area contributed by atoms with Crippen LogP contribution in [0.1, 0.15) is 31.9 Å². The molecule has 2 aromatic rings. The van der Waals surface area contributed by atoms with Crippen molar-refractivity contribution in [3.05, 3.63) is 24.2 Å². The average molecular weight is 334 g/mol. The third-order valence-corrected chi connectivity index (χ3v) is 4.45. The van der Waals surface area contributed by atoms with Gasteiger partial charge in [0.15, 0.2) is 0 Å². The van der Waals surface area contributed by atoms with E-state index in [-0.39, 0.29) is 11.2 Å². The summed E-state index contributed by atoms with van der Waals surface area (Å²) in [6.07, 6.45) is -0.961. The zero-order valence-electron chi connectivity index (χ0n) is 12.2. The lowest BCUT2D eigenvalue weighted by atomic mass is 10.0. The van der Waals surface area contributed by atoms with Gasteiger partial charge in [-0.25, -0.2) is 4.21 Å². The highest BCUT2D eigenvalue weighted by Crippen LogP contribution is 2.25. The van der Waals surface area contributed by atoms with Gasteiger partial charge in [0.25, 0.3) is 0 Å². The second-order valence-electron chi connectivity index (χ2n) is 5.36. The molecule has 22 heavy (non-hydrogen) atoms. The Morgan fingerprint density at radius 2 is 2.05 bits per heavy atom. The Hall–Kier alpha value is -1.48. The summed E-state index contributed by atoms with van der Waals surface area (Å²) in [4.78, 5) is 4.21. The van der Waals surface area contributed by atoms with E-state index in [2.05, 4.69) is 10.1 Å². The van der Waals surface area contributed by atoms with E-state index in [1.54, 1.807) is 13.0 Å². The highest BCUT2D eigenvalue weighted by atomic mass is 32.2. The standard InChI is InChI=1S/C13H17F3N4OS/c1-8(3-9(2)22(17)21)11-4-10-5-19-20(7-13(14,15)16)12(10)6-18-11/h4-6,8-9H,3,7,17H2,1-2H3/t8-,9?,22?/m1/s1. The second-order valence-corrected chi connectivity index (χ2v) is 6.82. The number of nitrogens with zero attached hydrogens (tertiary/aromatic N) is 3. The molecule has 0 aliphatic heterocycles. The smallest absolute Gasteiger partial charge is 0.259 e. The van der Waals surface area contributed by atoms with Crippen LogP contribution in [0, 0.1) is 0 Å². The van der Waals surface area contributed by atoms with Gasteiger partial charge in [0, 0.05) is 16.3 Å². The Labute approximate surface area is 128 Å². The number of aromatic nitrogens is 3. The molecule has 2 heterocycles. The minimum Gasteiger partial charge on any atom is -0.259 e. The van der Waals surface area contributed by atoms with E-state index >= 15 is 0 Å². The number of hydrogen-bond acceptors (Lipinski definition) is 3. The summed E-state index contributed by atoms with van der Waals surface area (Å²) in [7, 11) is -1.41. The van der Waals surface area contributed by atoms with Crippen LogP contribution in [-0.4, -0.2) is 30.4 Å². The molecule has 0 saturated carbocycles. The van der Waals surface area contributed by atoms with Gasteiger partial charge in [-0.3, -0.25) is 14.8 Å². The molecule has 2 unspecified atom stereocenters. The SMILES string of the molecule is CC(C[C@@H](C)c1cc2cnn(CC(F)(F)F)c2cn1)S(N)=O. The molecule has 0 radical (unpaired) electrons. The van der Waals surface area contributed by atoms with Crippen molar-refractivity contribution in [2.45, 2.75) is 44.2 Å². The van der Waals surface area contributed by atoms with Crippen molar-refractivity contribution in [1.82, 2.24) is 14.8 Å². The zero-order valence-corrected chi connectivity index (χ0v) is 13.0. The molecule has 0 aliphatic carbocycles. The first-order valence-electron chi connectivity index (χ1n) is 6.70. The summed E-state index contributed by atoms with van der Waals surface area (Å²) in [5.74, 6) is -0.00198. The number of fused-ring (bicyclic) bond motifs is 1. The van der Waals surface area contributed by atoms with E-state index < -0.39 is 23.7 Å². The fraction of sp³-hybridized carbons (Fsp3) is 0.538. The van der Waals surface area contributed by atoms with Gasteiger partial charge in [-0.1, -0.05) is 6.92 Å². The first-order valence-corrected chi connectivity index (χ1v) is 7.98. The molecule has 2 N–H and O–H groups in total. The lowest BCUT2D eigenvalue weighted by Crippen LogP contribution is -2.20. The minimum absolute atomic E-state index is 0.00198. The minimum atomic E-state index is -4.33. The maximum Gasteiger partial charge on any atom is 0.408 e. The Morgan fingerprint density at radius 3 is 2.64 bits per heavy atom. The summed E-state index contributed by atoms with van der Waals surface area (Å²) in [6.45, 7) is 2.56. The van der Waals surface area contributed by atoms with Gasteiger partial charge < -0.3 is 0 Å². The highest BCUT2D eigenvalue weighted by Gasteiger charge is 2.29. The van der Waals surface area contributed by atoms with Gasteiger partial charge in [0.1, 0.15) is 6.54 Å². The topological polar surface area (TPSA) is 73.8 Å². The van der Waals surface area contributed by atoms with Crippen molar-refractivity contribution in [3.8, 4) is 0 Å². The molecular formula is C13H17F3N4OS. The number of rotatable bonds is 5. The number of pyridine rings is 1. The lowest BCUT2D eigenvalue weighted by molar-refractivity contribution is -0.141. The molecule has 2 rings (SSSR count). The van der Waals surface area contributed by atoms with Crippen molar-refractivity contribution < 1.29 is 17.4 Å². The first kappa shape index (κ1) is 16.9. The fourth-order valence-electron chi connectivity index (χ4n) is 2.27. The van der Waals surface area contributed by atoms with E-state index in [1.165, 1.54) is 12.4 Å². The lowest BCUT2D eigenvalue weighted by Gasteiger charge is -2.15. The van der Waals surface area contributed by atoms with Crippen molar-refractivity contribution in [2.24, 2.45) is 5.14 Å². The van der Waals surface area contributed by atoms with Crippen LogP contribution in [0.25, 0.3) is 10.9 Å². The Bertz CT molecular complexity index is 685. The van der Waals surface area contributed by atoms with Crippen LogP contribution in [0.2, 0.25) is 0 Å². The fourth-order valence-corrected chi connectivity index (χ4v) is 2.75. The van der Waals surface area contributed by atoms with Crippen molar-refractivity contribution in [2.75, 3.05) is 0 Å². The summed E-state index contributed by atoms with van der Waals surface area (Å²) >= 11 is 0. The summed E-state index contributed by atoms with van der Waals surface area (Å²) in [6, 6.07) is 1.71. The van der Waals surface area contributed by atoms with Crippen LogP contribution in [-0.2, 0) is 17.5 Å². The summed E-state index contributed by atoms with van der Waals surface area (Å²) in [5.41, 5.74) is 1.06. The van der Waals surface area contributed by atoms with Crippen LogP contribution in [0.5, 0.6) is 0 Å². The van der Waals surface area contributed by atoms with Crippen LogP contribution in [0.4, 0.5) is 13.2 Å². The Morgan fingerprint density at radius 1 is 1.36 bits per heavy atom. The number of nitrogens with two attached hydrogens (primary N) is 1. The number of alkyl halides is 3. The van der Waals surface area contributed by atoms with Crippen LogP contribution < -0.4 is 5.14 Å². The Balaban J connectivity index is 2.23. The number of hydrogen-bond donors (Lipinski definition) is 1. The van der Waals surface area contributed by atoms with Gasteiger partial charge >= 0.3 is 6.18 Å². The van der Waals surface area contributed by atoms with Gasteiger partial charge in [-0.05, 0) is 25.3 Å². The third kappa shape index (κ3) is 4.04. The van der Waals surface area contributed by atoms with E-state index in [9.17, 15) is 17.4 Å². The molecule has 2 aromatic heterocycles. The van der Waals surface area contributed by atoms with Gasteiger partial charge in [-0.2, -0.15) is 18.3 Å². The maximum absolute atomic E-state index is 12.5. The molecule has 0 bridgehead atoms. The molecule has 0 aromatic carbocycles. The van der Waals surface area contributed by atoms with Crippen LogP contribution in [0.15, 0.2) is 18.5 Å². The molecule has 0 aliphatic rings. The molecule has 3 atom stereocenters. The van der Waals surface area contributed by atoms with E-state index in [0.29, 0.717) is 17.3 Å². The quantitative estimate of drug-likeness (QED) is 0.913. The first-order chi connectivity index (χ1) is 10.2. The van der Waals surface area contributed by atoms with Crippen molar-refractivity contribution >= 4 is 21.9 Å². The van der Waals surface area contributed by atoms with E-state index in [1.807, 2.05) is 6.92 Å². The molecule has 0 saturated heterocycles.